The number of hydrogen-bond donors (Lipinski definition) is 4. The summed E-state index contributed by atoms with van der Waals surface area (Å²) < 4.78 is 10.5. The van der Waals surface area contributed by atoms with Crippen LogP contribution in [-0.4, -0.2) is 87.4 Å². The summed E-state index contributed by atoms with van der Waals surface area (Å²) in [6, 6.07) is 9.77. The number of phenols is 1. The molecule has 0 saturated carbocycles. The third kappa shape index (κ3) is 8.69. The Kier molecular flexibility index (Phi) is 11.5. The number of ether oxygens (including phenoxy) is 2. The zero-order valence-corrected chi connectivity index (χ0v) is 26.9. The number of thioether (sulfide) groups is 1. The van der Waals surface area contributed by atoms with Crippen LogP contribution < -0.4 is 20.5 Å². The fourth-order valence-corrected chi connectivity index (χ4v) is 5.60. The van der Waals surface area contributed by atoms with Gasteiger partial charge < -0.3 is 35.6 Å². The van der Waals surface area contributed by atoms with Crippen molar-refractivity contribution in [1.82, 2.24) is 15.1 Å². The van der Waals surface area contributed by atoms with Crippen LogP contribution in [0.25, 0.3) is 6.08 Å². The normalized spacial score (nSPS) is 16.4. The molecule has 1 aliphatic rings. The maximum absolute atomic E-state index is 13.8. The summed E-state index contributed by atoms with van der Waals surface area (Å²) in [6.07, 6.45) is 0.825. The molecule has 2 aromatic rings. The van der Waals surface area contributed by atoms with Crippen LogP contribution in [0.3, 0.4) is 0 Å². The molecule has 1 fully saturated rings. The number of nitrogens with two attached hydrogens (primary N) is 1. The Morgan fingerprint density at radius 1 is 1.13 bits per heavy atom. The monoisotopic (exact) mass is 641 g/mol. The van der Waals surface area contributed by atoms with Crippen LogP contribution in [-0.2, 0) is 14.4 Å². The van der Waals surface area contributed by atoms with Gasteiger partial charge in [-0.1, -0.05) is 18.2 Å². The number of benzene rings is 2. The van der Waals surface area contributed by atoms with Gasteiger partial charge in [0.25, 0.3) is 5.91 Å². The molecule has 0 spiro atoms. The smallest absolute Gasteiger partial charge is 0.407 e. The zero-order chi connectivity index (χ0) is 33.5. The van der Waals surface area contributed by atoms with Crippen LogP contribution in [0, 0.1) is 0 Å². The number of phenolic OH excluding ortho intramolecular Hbond substituents is 1. The second-order valence-electron chi connectivity index (χ2n) is 11.2. The van der Waals surface area contributed by atoms with E-state index >= 15 is 0 Å². The van der Waals surface area contributed by atoms with Crippen LogP contribution in [0.4, 0.5) is 10.5 Å². The predicted octanol–water partition coefficient (Wildman–Crippen LogP) is 3.93. The highest BCUT2D eigenvalue weighted by Crippen LogP contribution is 2.40. The van der Waals surface area contributed by atoms with Gasteiger partial charge in [0.15, 0.2) is 16.7 Å². The predicted molar refractivity (Wildman–Crippen MR) is 171 cm³/mol. The molecule has 5 N–H and O–H groups in total. The van der Waals surface area contributed by atoms with Gasteiger partial charge in [0, 0.05) is 12.1 Å². The van der Waals surface area contributed by atoms with Crippen LogP contribution in [0.5, 0.6) is 17.2 Å². The molecule has 4 amide bonds. The zero-order valence-electron chi connectivity index (χ0n) is 26.1. The summed E-state index contributed by atoms with van der Waals surface area (Å²) in [5.41, 5.74) is 5.97. The number of primary amides is 1. The lowest BCUT2D eigenvalue weighted by Crippen LogP contribution is -2.53. The van der Waals surface area contributed by atoms with Gasteiger partial charge in [-0.25, -0.2) is 9.79 Å². The molecule has 2 aromatic carbocycles. The molecule has 0 unspecified atom stereocenters. The number of carboxylic acid groups (broad SMARTS) is 1. The van der Waals surface area contributed by atoms with E-state index in [4.69, 9.17) is 15.2 Å². The van der Waals surface area contributed by atoms with Crippen molar-refractivity contribution in [1.29, 1.82) is 0 Å². The lowest BCUT2D eigenvalue weighted by atomic mass is 10.0. The molecule has 242 valence electrons. The van der Waals surface area contributed by atoms with E-state index in [2.05, 4.69) is 10.3 Å². The minimum absolute atomic E-state index is 0.0942. The summed E-state index contributed by atoms with van der Waals surface area (Å²) in [5.74, 6) is -1.85. The van der Waals surface area contributed by atoms with E-state index in [0.29, 0.717) is 11.3 Å². The number of carbonyl (C=O) groups is 4. The molecule has 3 rings (SSSR count). The van der Waals surface area contributed by atoms with E-state index in [0.717, 1.165) is 11.8 Å². The van der Waals surface area contributed by atoms with Crippen molar-refractivity contribution in [2.45, 2.75) is 58.2 Å². The molecule has 0 radical (unpaired) electrons. The van der Waals surface area contributed by atoms with Crippen molar-refractivity contribution in [3.8, 4) is 17.2 Å². The molecule has 14 heteroatoms. The highest BCUT2D eigenvalue weighted by molar-refractivity contribution is 8.18. The van der Waals surface area contributed by atoms with E-state index in [1.807, 2.05) is 6.07 Å². The number of hydrogen-bond acceptors (Lipinski definition) is 9. The molecule has 1 aliphatic heterocycles. The minimum Gasteiger partial charge on any atom is -0.502 e. The first kappa shape index (κ1) is 34.8. The average molecular weight is 642 g/mol. The summed E-state index contributed by atoms with van der Waals surface area (Å²) in [5, 5.41) is 22.7. The first-order chi connectivity index (χ1) is 21.2. The summed E-state index contributed by atoms with van der Waals surface area (Å²) in [6.45, 7) is 6.91. The van der Waals surface area contributed by atoms with E-state index in [9.17, 15) is 29.4 Å². The van der Waals surface area contributed by atoms with Gasteiger partial charge >= 0.3 is 6.09 Å². The van der Waals surface area contributed by atoms with Gasteiger partial charge in [-0.05, 0) is 88.2 Å². The number of aromatic hydroxyl groups is 1. The van der Waals surface area contributed by atoms with Crippen LogP contribution in [0.2, 0.25) is 0 Å². The topological polar surface area (TPSA) is 184 Å². The van der Waals surface area contributed by atoms with Crippen molar-refractivity contribution in [3.05, 3.63) is 52.9 Å². The Morgan fingerprint density at radius 3 is 2.24 bits per heavy atom. The van der Waals surface area contributed by atoms with Crippen LogP contribution in [0.15, 0.2) is 52.4 Å². The molecule has 13 nitrogen and oxygen atoms in total. The summed E-state index contributed by atoms with van der Waals surface area (Å²) in [4.78, 5) is 58.5. The average Bonchev–Trinajstić information content (AvgIpc) is 3.27. The van der Waals surface area contributed by atoms with Gasteiger partial charge in [-0.3, -0.25) is 19.3 Å². The third-order valence-corrected chi connectivity index (χ3v) is 7.94. The van der Waals surface area contributed by atoms with E-state index < -0.39 is 41.4 Å². The first-order valence-corrected chi connectivity index (χ1v) is 14.9. The molecule has 2 atom stereocenters. The number of amidine groups is 1. The molecule has 45 heavy (non-hydrogen) atoms. The second-order valence-corrected chi connectivity index (χ2v) is 12.2. The fraction of sp³-hybridized carbons (Fsp3) is 0.387. The lowest BCUT2D eigenvalue weighted by Gasteiger charge is -2.33. The van der Waals surface area contributed by atoms with E-state index in [1.54, 1.807) is 51.1 Å². The molecular weight excluding hydrogens is 602 g/mol. The number of nitrogens with zero attached hydrogens (tertiary/aromatic N) is 3. The summed E-state index contributed by atoms with van der Waals surface area (Å²) >= 11 is 1.05. The fourth-order valence-electron chi connectivity index (χ4n) is 4.53. The van der Waals surface area contributed by atoms with Gasteiger partial charge in [-0.15, -0.1) is 0 Å². The van der Waals surface area contributed by atoms with Crippen LogP contribution in [0.1, 0.15) is 46.1 Å². The molecule has 0 aliphatic carbocycles. The van der Waals surface area contributed by atoms with E-state index in [-0.39, 0.29) is 46.7 Å². The third-order valence-electron chi connectivity index (χ3n) is 6.96. The van der Waals surface area contributed by atoms with Crippen LogP contribution >= 0.6 is 11.8 Å². The summed E-state index contributed by atoms with van der Waals surface area (Å²) in [7, 11) is 2.78. The van der Waals surface area contributed by atoms with Crippen molar-refractivity contribution < 1.29 is 38.9 Å². The Balaban J connectivity index is 1.89. The maximum atomic E-state index is 13.8. The number of carbonyl (C=O) groups excluding carboxylic acids is 3. The highest BCUT2D eigenvalue weighted by atomic mass is 32.2. The van der Waals surface area contributed by atoms with Gasteiger partial charge in [0.2, 0.25) is 17.6 Å². The van der Waals surface area contributed by atoms with Crippen molar-refractivity contribution in [2.24, 2.45) is 10.7 Å². The number of para-hydroxylation sites is 1. The van der Waals surface area contributed by atoms with Gasteiger partial charge in [-0.2, -0.15) is 0 Å². The molecule has 0 bridgehead atoms. The van der Waals surface area contributed by atoms with E-state index in [1.165, 1.54) is 43.1 Å². The van der Waals surface area contributed by atoms with Crippen molar-refractivity contribution in [2.75, 3.05) is 20.8 Å². The quantitative estimate of drug-likeness (QED) is 0.249. The number of methoxy groups -OCH3 is 2. The lowest BCUT2D eigenvalue weighted by molar-refractivity contribution is -0.134. The van der Waals surface area contributed by atoms with Crippen molar-refractivity contribution >= 4 is 52.5 Å². The minimum atomic E-state index is -1.10. The van der Waals surface area contributed by atoms with Gasteiger partial charge in [0.05, 0.1) is 24.8 Å². The second kappa shape index (κ2) is 14.8. The van der Waals surface area contributed by atoms with Gasteiger partial charge in [0.1, 0.15) is 12.1 Å². The van der Waals surface area contributed by atoms with Crippen molar-refractivity contribution in [3.63, 3.8) is 0 Å². The number of amides is 4. The Morgan fingerprint density at radius 2 is 1.73 bits per heavy atom. The number of aliphatic imine (C=N–C) groups is 1. The highest BCUT2D eigenvalue weighted by Gasteiger charge is 2.40. The number of nitrogens with one attached hydrogen (secondary N) is 1. The maximum Gasteiger partial charge on any atom is 0.407 e. The molecule has 0 aromatic heterocycles. The first-order valence-electron chi connectivity index (χ1n) is 14.1. The Labute approximate surface area is 266 Å². The number of rotatable bonds is 12. The molecule has 1 heterocycles. The standard InChI is InChI=1S/C31H39N5O8S/c1-18(27(39)34-21(26(32)38)13-10-14-35(30(41)42)31(2,3)4)36-28(40)24(45-29(36)33-20-11-8-7-9-12-20)17-19-15-22(43-5)25(37)23(16-19)44-6/h7-9,11-12,15-18,21,37H,10,13-14H2,1-6H3,(H2,32,38)(H,34,39)(H,41,42)/b24-17-,33-29?/t18-,21-/m0/s1. The largest absolute Gasteiger partial charge is 0.502 e. The molecular formula is C31H39N5O8S. The Bertz CT molecular complexity index is 1460. The molecule has 1 saturated heterocycles. The SMILES string of the molecule is COc1cc(/C=C2\SC(=Nc3ccccc3)N([C@@H](C)C(=O)N[C@@H](CCCN(C(=O)O)C(C)(C)C)C(N)=O)C2=O)cc(OC)c1O. The Hall–Kier alpha value is -4.72.